The topological polar surface area (TPSA) is 17.8 Å². The summed E-state index contributed by atoms with van der Waals surface area (Å²) in [6, 6.07) is 13.0. The minimum Gasteiger partial charge on any atom is -0.265 e. The van der Waals surface area contributed by atoms with Crippen molar-refractivity contribution in [2.24, 2.45) is 0 Å². The predicted molar refractivity (Wildman–Crippen MR) is 90.5 cm³/mol. The number of aryl methyl sites for hydroxylation is 1. The molecule has 0 amide bonds. The molecule has 106 valence electrons. The molecule has 0 saturated heterocycles. The van der Waals surface area contributed by atoms with E-state index in [1.54, 1.807) is 11.3 Å². The van der Waals surface area contributed by atoms with E-state index < -0.39 is 0 Å². The van der Waals surface area contributed by atoms with Gasteiger partial charge < -0.3 is 0 Å². The van der Waals surface area contributed by atoms with Crippen molar-refractivity contribution in [3.05, 3.63) is 75.7 Å². The van der Waals surface area contributed by atoms with E-state index in [1.807, 2.05) is 10.9 Å². The minimum absolute atomic E-state index is 0.244. The minimum atomic E-state index is 0.244. The summed E-state index contributed by atoms with van der Waals surface area (Å²) in [6.07, 6.45) is 6.20. The van der Waals surface area contributed by atoms with E-state index in [9.17, 15) is 0 Å². The smallest absolute Gasteiger partial charge is 0.0851 e. The molecule has 0 spiro atoms. The van der Waals surface area contributed by atoms with Crippen molar-refractivity contribution < 1.29 is 0 Å². The van der Waals surface area contributed by atoms with E-state index in [-0.39, 0.29) is 6.04 Å². The molecule has 1 unspecified atom stereocenters. The first-order chi connectivity index (χ1) is 10.2. The predicted octanol–water partition coefficient (Wildman–Crippen LogP) is 5.03. The number of nitrogens with zero attached hydrogens (tertiary/aromatic N) is 2. The van der Waals surface area contributed by atoms with E-state index in [0.717, 1.165) is 5.69 Å². The second kappa shape index (κ2) is 6.10. The number of thiophene rings is 1. The molecule has 0 aliphatic carbocycles. The molecule has 0 N–H and O–H groups in total. The molecular weight excluding hydrogens is 276 g/mol. The van der Waals surface area contributed by atoms with Crippen molar-refractivity contribution >= 4 is 23.5 Å². The maximum Gasteiger partial charge on any atom is 0.0851 e. The van der Waals surface area contributed by atoms with Crippen molar-refractivity contribution in [2.75, 3.05) is 0 Å². The van der Waals surface area contributed by atoms with Crippen LogP contribution in [0.4, 0.5) is 0 Å². The second-order valence-electron chi connectivity index (χ2n) is 5.20. The van der Waals surface area contributed by atoms with Crippen LogP contribution in [0.5, 0.6) is 0 Å². The Hall–Kier alpha value is -2.13. The van der Waals surface area contributed by atoms with E-state index in [0.29, 0.717) is 0 Å². The van der Waals surface area contributed by atoms with Gasteiger partial charge in [-0.15, -0.1) is 0 Å². The molecule has 0 aliphatic heterocycles. The first kappa shape index (κ1) is 13.8. The molecule has 0 fully saturated rings. The summed E-state index contributed by atoms with van der Waals surface area (Å²) in [5.74, 6) is 0. The van der Waals surface area contributed by atoms with Gasteiger partial charge in [-0.25, -0.2) is 0 Å². The Balaban J connectivity index is 1.78. The Labute approximate surface area is 129 Å². The molecule has 2 aromatic heterocycles. The van der Waals surface area contributed by atoms with E-state index >= 15 is 0 Å². The molecule has 0 saturated carbocycles. The Kier molecular flexibility index (Phi) is 4.02. The van der Waals surface area contributed by atoms with Gasteiger partial charge in [0.15, 0.2) is 0 Å². The Morgan fingerprint density at radius 2 is 2.10 bits per heavy atom. The zero-order valence-electron chi connectivity index (χ0n) is 12.2. The summed E-state index contributed by atoms with van der Waals surface area (Å²) >= 11 is 1.71. The molecule has 0 bridgehead atoms. The number of rotatable bonds is 4. The van der Waals surface area contributed by atoms with Crippen LogP contribution < -0.4 is 0 Å². The molecule has 2 heterocycles. The molecule has 3 heteroatoms. The fourth-order valence-corrected chi connectivity index (χ4v) is 2.92. The lowest BCUT2D eigenvalue weighted by Crippen LogP contribution is -2.07. The van der Waals surface area contributed by atoms with Crippen molar-refractivity contribution in [2.45, 2.75) is 19.9 Å². The van der Waals surface area contributed by atoms with Gasteiger partial charge in [0.25, 0.3) is 0 Å². The van der Waals surface area contributed by atoms with Crippen molar-refractivity contribution in [1.82, 2.24) is 9.78 Å². The van der Waals surface area contributed by atoms with Gasteiger partial charge in [-0.2, -0.15) is 16.4 Å². The lowest BCUT2D eigenvalue weighted by atomic mass is 10.1. The van der Waals surface area contributed by atoms with Crippen LogP contribution in [-0.2, 0) is 0 Å². The van der Waals surface area contributed by atoms with Crippen LogP contribution in [0.1, 0.15) is 35.3 Å². The van der Waals surface area contributed by atoms with Gasteiger partial charge in [-0.05, 0) is 53.9 Å². The number of hydrogen-bond donors (Lipinski definition) is 0. The number of benzene rings is 1. The van der Waals surface area contributed by atoms with Gasteiger partial charge in [0.2, 0.25) is 0 Å². The van der Waals surface area contributed by atoms with Crippen LogP contribution >= 0.6 is 11.3 Å². The van der Waals surface area contributed by atoms with Gasteiger partial charge >= 0.3 is 0 Å². The molecule has 3 rings (SSSR count). The van der Waals surface area contributed by atoms with Crippen molar-refractivity contribution in [3.63, 3.8) is 0 Å². The molecule has 2 nitrogen and oxygen atoms in total. The van der Waals surface area contributed by atoms with Crippen molar-refractivity contribution in [3.8, 4) is 0 Å². The monoisotopic (exact) mass is 294 g/mol. The first-order valence-corrected chi connectivity index (χ1v) is 7.98. The molecule has 1 atom stereocenters. The quantitative estimate of drug-likeness (QED) is 0.659. The lowest BCUT2D eigenvalue weighted by molar-refractivity contribution is 0.563. The van der Waals surface area contributed by atoms with Crippen LogP contribution in [0.2, 0.25) is 0 Å². The highest BCUT2D eigenvalue weighted by atomic mass is 32.1. The highest BCUT2D eigenvalue weighted by Crippen LogP contribution is 2.19. The molecule has 0 aliphatic rings. The van der Waals surface area contributed by atoms with Crippen molar-refractivity contribution in [1.29, 1.82) is 0 Å². The standard InChI is InChI=1S/C18H18N2S/c1-14-4-3-5-17(12-14)15(2)20-10-8-18(19-20)7-6-16-9-11-21-13-16/h3-13,15H,1-2H3/b7-6+. The normalized spacial score (nSPS) is 12.9. The largest absolute Gasteiger partial charge is 0.265 e. The van der Waals surface area contributed by atoms with Crippen LogP contribution in [-0.4, -0.2) is 9.78 Å². The van der Waals surface area contributed by atoms with Gasteiger partial charge in [-0.1, -0.05) is 35.9 Å². The molecule has 0 radical (unpaired) electrons. The summed E-state index contributed by atoms with van der Waals surface area (Å²) in [7, 11) is 0. The zero-order valence-corrected chi connectivity index (χ0v) is 13.0. The van der Waals surface area contributed by atoms with Gasteiger partial charge in [-0.3, -0.25) is 4.68 Å². The third-order valence-corrected chi connectivity index (χ3v) is 4.24. The highest BCUT2D eigenvalue weighted by molar-refractivity contribution is 7.08. The van der Waals surface area contributed by atoms with Crippen LogP contribution in [0.25, 0.3) is 12.2 Å². The second-order valence-corrected chi connectivity index (χ2v) is 5.98. The van der Waals surface area contributed by atoms with Crippen LogP contribution in [0.3, 0.4) is 0 Å². The molecule has 1 aromatic carbocycles. The van der Waals surface area contributed by atoms with Gasteiger partial charge in [0, 0.05) is 6.20 Å². The van der Waals surface area contributed by atoms with E-state index in [2.05, 4.69) is 78.3 Å². The summed E-state index contributed by atoms with van der Waals surface area (Å²) < 4.78 is 2.02. The lowest BCUT2D eigenvalue weighted by Gasteiger charge is -2.13. The SMILES string of the molecule is Cc1cccc(C(C)n2ccc(/C=C/c3ccsc3)n2)c1. The fraction of sp³-hybridized carbons (Fsp3) is 0.167. The maximum absolute atomic E-state index is 4.65. The summed E-state index contributed by atoms with van der Waals surface area (Å²) in [5.41, 5.74) is 4.78. The third kappa shape index (κ3) is 3.31. The number of hydrogen-bond acceptors (Lipinski definition) is 2. The fourth-order valence-electron chi connectivity index (χ4n) is 2.29. The third-order valence-electron chi connectivity index (χ3n) is 3.54. The average Bonchev–Trinajstić information content (AvgIpc) is 3.16. The van der Waals surface area contributed by atoms with Crippen LogP contribution in [0, 0.1) is 6.92 Å². The summed E-state index contributed by atoms with van der Waals surface area (Å²) in [6.45, 7) is 4.29. The highest BCUT2D eigenvalue weighted by Gasteiger charge is 2.08. The van der Waals surface area contributed by atoms with E-state index in [1.165, 1.54) is 16.7 Å². The Morgan fingerprint density at radius 1 is 1.19 bits per heavy atom. The molecule has 3 aromatic rings. The average molecular weight is 294 g/mol. The van der Waals surface area contributed by atoms with Crippen LogP contribution in [0.15, 0.2) is 53.4 Å². The van der Waals surface area contributed by atoms with Gasteiger partial charge in [0.05, 0.1) is 11.7 Å². The summed E-state index contributed by atoms with van der Waals surface area (Å²) in [5, 5.41) is 8.86. The Morgan fingerprint density at radius 3 is 2.86 bits per heavy atom. The maximum atomic E-state index is 4.65. The van der Waals surface area contributed by atoms with E-state index in [4.69, 9.17) is 0 Å². The molecule has 21 heavy (non-hydrogen) atoms. The number of aromatic nitrogens is 2. The zero-order chi connectivity index (χ0) is 14.7. The summed E-state index contributed by atoms with van der Waals surface area (Å²) in [4.78, 5) is 0. The Bertz CT molecular complexity index is 738. The first-order valence-electron chi connectivity index (χ1n) is 7.04. The van der Waals surface area contributed by atoms with Gasteiger partial charge in [0.1, 0.15) is 0 Å². The molecular formula is C18H18N2S.